The number of anilines is 1. The number of amides is 1. The van der Waals surface area contributed by atoms with E-state index in [-0.39, 0.29) is 22.8 Å². The van der Waals surface area contributed by atoms with Crippen molar-refractivity contribution in [2.75, 3.05) is 12.3 Å². The lowest BCUT2D eigenvalue weighted by molar-refractivity contribution is -0.384. The fraction of sp³-hybridized carbons (Fsp3) is 0.462. The highest BCUT2D eigenvalue weighted by Crippen LogP contribution is 2.19. The van der Waals surface area contributed by atoms with Gasteiger partial charge in [-0.1, -0.05) is 13.8 Å². The molecule has 1 rings (SSSR count). The molecule has 1 aromatic carbocycles. The number of rotatable bonds is 6. The molecule has 0 bridgehead atoms. The van der Waals surface area contributed by atoms with Gasteiger partial charge >= 0.3 is 0 Å². The van der Waals surface area contributed by atoms with Crippen LogP contribution < -0.4 is 11.1 Å². The molecule has 0 aliphatic rings. The van der Waals surface area contributed by atoms with Crippen LogP contribution in [0.1, 0.15) is 37.0 Å². The molecule has 0 aromatic heterocycles. The molecular weight excluding hydrogens is 246 g/mol. The van der Waals surface area contributed by atoms with Crippen LogP contribution in [0.4, 0.5) is 11.4 Å². The van der Waals surface area contributed by atoms with Crippen molar-refractivity contribution in [1.29, 1.82) is 0 Å². The third-order valence-electron chi connectivity index (χ3n) is 2.74. The summed E-state index contributed by atoms with van der Waals surface area (Å²) in [5, 5.41) is 13.4. The van der Waals surface area contributed by atoms with Gasteiger partial charge in [0.25, 0.3) is 11.6 Å². The Bertz CT molecular complexity index is 472. The molecule has 0 fully saturated rings. The third-order valence-corrected chi connectivity index (χ3v) is 2.74. The molecule has 0 spiro atoms. The van der Waals surface area contributed by atoms with E-state index in [9.17, 15) is 14.9 Å². The predicted molar refractivity (Wildman–Crippen MR) is 73.9 cm³/mol. The van der Waals surface area contributed by atoms with Crippen LogP contribution in [-0.4, -0.2) is 17.4 Å². The smallest absolute Gasteiger partial charge is 0.270 e. The molecule has 0 radical (unpaired) electrons. The summed E-state index contributed by atoms with van der Waals surface area (Å²) < 4.78 is 0. The van der Waals surface area contributed by atoms with Crippen LogP contribution in [0.15, 0.2) is 18.2 Å². The van der Waals surface area contributed by atoms with Gasteiger partial charge in [-0.2, -0.15) is 0 Å². The van der Waals surface area contributed by atoms with Crippen molar-refractivity contribution in [2.24, 2.45) is 5.92 Å². The van der Waals surface area contributed by atoms with Gasteiger partial charge in [0.1, 0.15) is 0 Å². The summed E-state index contributed by atoms with van der Waals surface area (Å²) >= 11 is 0. The van der Waals surface area contributed by atoms with Gasteiger partial charge in [0.15, 0.2) is 0 Å². The number of non-ortho nitro benzene ring substituents is 1. The second-order valence-electron chi connectivity index (χ2n) is 4.82. The standard InChI is InChI=1S/C13H19N3O3/c1-9(2)4-3-7-15-13(17)11-8-10(16(18)19)5-6-12(11)14/h5-6,8-9H,3-4,7,14H2,1-2H3,(H,15,17). The van der Waals surface area contributed by atoms with E-state index in [1.165, 1.54) is 18.2 Å². The number of nitro benzene ring substituents is 1. The number of carbonyl (C=O) groups is 1. The van der Waals surface area contributed by atoms with Crippen LogP contribution in [0.3, 0.4) is 0 Å². The predicted octanol–water partition coefficient (Wildman–Crippen LogP) is 2.34. The van der Waals surface area contributed by atoms with Crippen molar-refractivity contribution in [3.8, 4) is 0 Å². The van der Waals surface area contributed by atoms with E-state index < -0.39 is 4.92 Å². The van der Waals surface area contributed by atoms with Gasteiger partial charge in [-0.05, 0) is 24.8 Å². The van der Waals surface area contributed by atoms with Crippen LogP contribution in [0.2, 0.25) is 0 Å². The number of benzene rings is 1. The van der Waals surface area contributed by atoms with Crippen LogP contribution in [0.5, 0.6) is 0 Å². The molecular formula is C13H19N3O3. The maximum atomic E-state index is 11.9. The first-order valence-electron chi connectivity index (χ1n) is 6.24. The second kappa shape index (κ2) is 6.72. The number of nitrogens with zero attached hydrogens (tertiary/aromatic N) is 1. The Kier molecular flexibility index (Phi) is 5.29. The zero-order chi connectivity index (χ0) is 14.4. The summed E-state index contributed by atoms with van der Waals surface area (Å²) in [6.45, 7) is 4.76. The van der Waals surface area contributed by atoms with Gasteiger partial charge in [0, 0.05) is 24.4 Å². The molecule has 0 saturated heterocycles. The highest BCUT2D eigenvalue weighted by molar-refractivity contribution is 5.99. The first-order chi connectivity index (χ1) is 8.91. The van der Waals surface area contributed by atoms with E-state index in [2.05, 4.69) is 19.2 Å². The summed E-state index contributed by atoms with van der Waals surface area (Å²) in [4.78, 5) is 22.0. The van der Waals surface area contributed by atoms with E-state index >= 15 is 0 Å². The Labute approximate surface area is 112 Å². The second-order valence-corrected chi connectivity index (χ2v) is 4.82. The van der Waals surface area contributed by atoms with Crippen molar-refractivity contribution in [3.63, 3.8) is 0 Å². The molecule has 0 aliphatic heterocycles. The fourth-order valence-corrected chi connectivity index (χ4v) is 1.66. The van der Waals surface area contributed by atoms with Crippen molar-refractivity contribution in [2.45, 2.75) is 26.7 Å². The van der Waals surface area contributed by atoms with E-state index in [0.29, 0.717) is 12.5 Å². The minimum Gasteiger partial charge on any atom is -0.398 e. The molecule has 0 unspecified atom stereocenters. The molecule has 19 heavy (non-hydrogen) atoms. The number of nitrogen functional groups attached to an aromatic ring is 1. The minimum absolute atomic E-state index is 0.137. The first kappa shape index (κ1) is 14.9. The maximum Gasteiger partial charge on any atom is 0.270 e. The van der Waals surface area contributed by atoms with Crippen molar-refractivity contribution in [1.82, 2.24) is 5.32 Å². The van der Waals surface area contributed by atoms with E-state index in [1.807, 2.05) is 0 Å². The zero-order valence-electron chi connectivity index (χ0n) is 11.2. The molecule has 3 N–H and O–H groups in total. The van der Waals surface area contributed by atoms with Crippen LogP contribution >= 0.6 is 0 Å². The SMILES string of the molecule is CC(C)CCCNC(=O)c1cc([N+](=O)[O-])ccc1N. The normalized spacial score (nSPS) is 10.5. The third kappa shape index (κ3) is 4.57. The van der Waals surface area contributed by atoms with Crippen molar-refractivity contribution >= 4 is 17.3 Å². The van der Waals surface area contributed by atoms with Crippen LogP contribution in [-0.2, 0) is 0 Å². The number of nitrogens with two attached hydrogens (primary N) is 1. The Morgan fingerprint density at radius 3 is 2.74 bits per heavy atom. The number of nitrogens with one attached hydrogen (secondary N) is 1. The van der Waals surface area contributed by atoms with Gasteiger partial charge in [0.05, 0.1) is 10.5 Å². The lowest BCUT2D eigenvalue weighted by Gasteiger charge is -2.08. The topological polar surface area (TPSA) is 98.3 Å². The lowest BCUT2D eigenvalue weighted by atomic mass is 10.1. The molecule has 0 saturated carbocycles. The quantitative estimate of drug-likeness (QED) is 0.357. The molecule has 104 valence electrons. The number of carbonyl (C=O) groups excluding carboxylic acids is 1. The number of hydrogen-bond donors (Lipinski definition) is 2. The summed E-state index contributed by atoms with van der Waals surface area (Å²) in [7, 11) is 0. The van der Waals surface area contributed by atoms with Gasteiger partial charge < -0.3 is 11.1 Å². The minimum atomic E-state index is -0.547. The highest BCUT2D eigenvalue weighted by atomic mass is 16.6. The Hall–Kier alpha value is -2.11. The average molecular weight is 265 g/mol. The van der Waals surface area contributed by atoms with Gasteiger partial charge in [0.2, 0.25) is 0 Å². The summed E-state index contributed by atoms with van der Waals surface area (Å²) in [6, 6.07) is 3.86. The molecule has 0 aliphatic carbocycles. The fourth-order valence-electron chi connectivity index (χ4n) is 1.66. The van der Waals surface area contributed by atoms with E-state index in [0.717, 1.165) is 12.8 Å². The molecule has 0 atom stereocenters. The number of nitro groups is 1. The summed E-state index contributed by atoms with van der Waals surface area (Å²) in [6.07, 6.45) is 1.89. The summed E-state index contributed by atoms with van der Waals surface area (Å²) in [5.74, 6) is 0.213. The molecule has 6 heteroatoms. The molecule has 1 amide bonds. The molecule has 1 aromatic rings. The monoisotopic (exact) mass is 265 g/mol. The van der Waals surface area contributed by atoms with E-state index in [1.54, 1.807) is 0 Å². The van der Waals surface area contributed by atoms with Crippen molar-refractivity contribution < 1.29 is 9.72 Å². The summed E-state index contributed by atoms with van der Waals surface area (Å²) in [5.41, 5.74) is 5.92. The van der Waals surface area contributed by atoms with Crippen LogP contribution in [0, 0.1) is 16.0 Å². The number of hydrogen-bond acceptors (Lipinski definition) is 4. The largest absolute Gasteiger partial charge is 0.398 e. The van der Waals surface area contributed by atoms with Crippen LogP contribution in [0.25, 0.3) is 0 Å². The Morgan fingerprint density at radius 2 is 2.16 bits per heavy atom. The molecule has 6 nitrogen and oxygen atoms in total. The Balaban J connectivity index is 2.66. The van der Waals surface area contributed by atoms with Gasteiger partial charge in [-0.15, -0.1) is 0 Å². The highest BCUT2D eigenvalue weighted by Gasteiger charge is 2.14. The Morgan fingerprint density at radius 1 is 1.47 bits per heavy atom. The van der Waals surface area contributed by atoms with Gasteiger partial charge in [-0.3, -0.25) is 14.9 Å². The first-order valence-corrected chi connectivity index (χ1v) is 6.24. The van der Waals surface area contributed by atoms with Gasteiger partial charge in [-0.25, -0.2) is 0 Å². The lowest BCUT2D eigenvalue weighted by Crippen LogP contribution is -2.25. The molecule has 0 heterocycles. The van der Waals surface area contributed by atoms with E-state index in [4.69, 9.17) is 5.73 Å². The maximum absolute atomic E-state index is 11.9. The van der Waals surface area contributed by atoms with Crippen molar-refractivity contribution in [3.05, 3.63) is 33.9 Å². The zero-order valence-corrected chi connectivity index (χ0v) is 11.2. The average Bonchev–Trinajstić information content (AvgIpc) is 2.34.